The molecule has 186 valence electrons. The van der Waals surface area contributed by atoms with Gasteiger partial charge in [-0.3, -0.25) is 29.1 Å². The van der Waals surface area contributed by atoms with Gasteiger partial charge in [-0.15, -0.1) is 13.2 Å². The SMILES string of the molecule is Cc1nc2cccc(CNC(=O)c3ccc(OC(F)(F)F)cc3)c2c(=O)n1C1CCC(=O)NC1=O.[HH].[HH]. The molecule has 1 fully saturated rings. The number of carbonyl (C=O) groups excluding carboxylic acids is 3. The number of ether oxygens (including phenoxy) is 1. The summed E-state index contributed by atoms with van der Waals surface area (Å²) in [7, 11) is 0. The summed E-state index contributed by atoms with van der Waals surface area (Å²) in [6.45, 7) is 1.51. The molecule has 2 aromatic carbocycles. The Bertz CT molecular complexity index is 1390. The fourth-order valence-electron chi connectivity index (χ4n) is 3.95. The number of aryl methyl sites for hydroxylation is 1. The van der Waals surface area contributed by atoms with Gasteiger partial charge in [-0.25, -0.2) is 4.98 Å². The Kier molecular flexibility index (Phi) is 6.29. The lowest BCUT2D eigenvalue weighted by molar-refractivity contribution is -0.274. The molecule has 0 saturated carbocycles. The van der Waals surface area contributed by atoms with Crippen LogP contribution in [0.5, 0.6) is 5.75 Å². The number of alkyl halides is 3. The molecular weight excluding hydrogens is 469 g/mol. The highest BCUT2D eigenvalue weighted by Gasteiger charge is 2.32. The van der Waals surface area contributed by atoms with E-state index in [1.165, 1.54) is 16.7 Å². The van der Waals surface area contributed by atoms with E-state index in [0.29, 0.717) is 16.9 Å². The first-order chi connectivity index (χ1) is 16.5. The fourth-order valence-corrected chi connectivity index (χ4v) is 3.95. The molecule has 1 aliphatic heterocycles. The summed E-state index contributed by atoms with van der Waals surface area (Å²) in [5, 5.41) is 5.06. The second kappa shape index (κ2) is 9.20. The minimum Gasteiger partial charge on any atom is -0.406 e. The maximum Gasteiger partial charge on any atom is 0.573 e. The third-order valence-electron chi connectivity index (χ3n) is 5.50. The van der Waals surface area contributed by atoms with Crippen molar-refractivity contribution in [1.82, 2.24) is 20.2 Å². The van der Waals surface area contributed by atoms with Gasteiger partial charge in [0.05, 0.1) is 10.9 Å². The van der Waals surface area contributed by atoms with Crippen LogP contribution in [0.3, 0.4) is 0 Å². The molecule has 1 unspecified atom stereocenters. The molecule has 0 radical (unpaired) electrons. The van der Waals surface area contributed by atoms with Crippen LogP contribution >= 0.6 is 0 Å². The van der Waals surface area contributed by atoms with Crippen LogP contribution in [0.2, 0.25) is 0 Å². The van der Waals surface area contributed by atoms with Crippen molar-refractivity contribution in [3.05, 3.63) is 69.8 Å². The quantitative estimate of drug-likeness (QED) is 0.529. The minimum absolute atomic E-state index is 0. The summed E-state index contributed by atoms with van der Waals surface area (Å²) in [4.78, 5) is 54.2. The monoisotopic (exact) mass is 492 g/mol. The topological polar surface area (TPSA) is 119 Å². The number of benzene rings is 2. The van der Waals surface area contributed by atoms with E-state index in [0.717, 1.165) is 12.1 Å². The van der Waals surface area contributed by atoms with Crippen molar-refractivity contribution >= 4 is 28.6 Å². The van der Waals surface area contributed by atoms with Crippen molar-refractivity contribution in [3.8, 4) is 5.75 Å². The number of fused-ring (bicyclic) bond motifs is 1. The Hall–Kier alpha value is -4.22. The molecule has 1 aromatic heterocycles. The largest absolute Gasteiger partial charge is 0.573 e. The van der Waals surface area contributed by atoms with Crippen molar-refractivity contribution in [1.29, 1.82) is 0 Å². The first kappa shape index (κ1) is 23.9. The van der Waals surface area contributed by atoms with E-state index < -0.39 is 41.4 Å². The number of carbonyl (C=O) groups is 3. The standard InChI is InChI=1S/C23H19F3N4O5.2H2/c1-12-28-16-4-2-3-14(19(16)22(34)30(12)17-9-10-18(31)29-21(17)33)11-27-20(32)13-5-7-15(8-6-13)35-23(24,25)26;;/h2-8,17H,9-11H2,1H3,(H,27,32)(H,29,31,33);2*1H. The van der Waals surface area contributed by atoms with Gasteiger partial charge in [0.25, 0.3) is 11.5 Å². The van der Waals surface area contributed by atoms with Crippen LogP contribution in [-0.2, 0) is 16.1 Å². The van der Waals surface area contributed by atoms with E-state index >= 15 is 0 Å². The number of nitrogens with zero attached hydrogens (tertiary/aromatic N) is 2. The van der Waals surface area contributed by atoms with E-state index in [4.69, 9.17) is 0 Å². The highest BCUT2D eigenvalue weighted by Crippen LogP contribution is 2.23. The second-order valence-corrected chi connectivity index (χ2v) is 7.87. The van der Waals surface area contributed by atoms with Crippen LogP contribution in [0.15, 0.2) is 47.3 Å². The molecule has 2 N–H and O–H groups in total. The molecule has 4 rings (SSSR count). The molecule has 0 spiro atoms. The first-order valence-corrected chi connectivity index (χ1v) is 10.5. The zero-order valence-corrected chi connectivity index (χ0v) is 18.3. The molecule has 1 atom stereocenters. The smallest absolute Gasteiger partial charge is 0.406 e. The zero-order valence-electron chi connectivity index (χ0n) is 18.3. The average Bonchev–Trinajstić information content (AvgIpc) is 2.78. The van der Waals surface area contributed by atoms with E-state index in [9.17, 15) is 32.3 Å². The predicted octanol–water partition coefficient (Wildman–Crippen LogP) is 3.00. The molecule has 12 heteroatoms. The Labute approximate surface area is 198 Å². The van der Waals surface area contributed by atoms with Crippen molar-refractivity contribution in [2.24, 2.45) is 0 Å². The maximum atomic E-state index is 13.4. The second-order valence-electron chi connectivity index (χ2n) is 7.87. The molecule has 3 amide bonds. The molecule has 1 aliphatic rings. The fraction of sp³-hybridized carbons (Fsp3) is 0.261. The third kappa shape index (κ3) is 5.15. The van der Waals surface area contributed by atoms with E-state index in [1.807, 2.05) is 0 Å². The maximum absolute atomic E-state index is 13.4. The number of rotatable bonds is 5. The van der Waals surface area contributed by atoms with E-state index in [-0.39, 0.29) is 33.2 Å². The number of nitrogens with one attached hydrogen (secondary N) is 2. The van der Waals surface area contributed by atoms with Crippen LogP contribution in [0.4, 0.5) is 13.2 Å². The number of hydrogen-bond acceptors (Lipinski definition) is 6. The Morgan fingerprint density at radius 3 is 2.57 bits per heavy atom. The number of amides is 3. The van der Waals surface area contributed by atoms with Gasteiger partial charge in [0.1, 0.15) is 17.6 Å². The van der Waals surface area contributed by atoms with Crippen LogP contribution in [0.25, 0.3) is 10.9 Å². The normalized spacial score (nSPS) is 16.2. The molecule has 0 bridgehead atoms. The molecule has 1 saturated heterocycles. The molecule has 3 aromatic rings. The number of aromatic nitrogens is 2. The van der Waals surface area contributed by atoms with Crippen molar-refractivity contribution in [3.63, 3.8) is 0 Å². The number of halogens is 3. The van der Waals surface area contributed by atoms with Crippen LogP contribution in [0, 0.1) is 6.92 Å². The summed E-state index contributed by atoms with van der Waals surface area (Å²) in [6.07, 6.45) is -4.60. The zero-order chi connectivity index (χ0) is 25.3. The lowest BCUT2D eigenvalue weighted by Crippen LogP contribution is -2.45. The number of piperidine rings is 1. The molecule has 0 aliphatic carbocycles. The van der Waals surface area contributed by atoms with E-state index in [2.05, 4.69) is 20.4 Å². The van der Waals surface area contributed by atoms with Crippen molar-refractivity contribution < 1.29 is 35.1 Å². The molecular formula is C23H23F3N4O5. The van der Waals surface area contributed by atoms with Gasteiger partial charge in [0.2, 0.25) is 11.8 Å². The molecule has 2 heterocycles. The van der Waals surface area contributed by atoms with Gasteiger partial charge in [0, 0.05) is 21.4 Å². The number of imide groups is 1. The van der Waals surface area contributed by atoms with Crippen molar-refractivity contribution in [2.45, 2.75) is 38.7 Å². The summed E-state index contributed by atoms with van der Waals surface area (Å²) in [5.74, 6) is -1.73. The van der Waals surface area contributed by atoms with E-state index in [1.54, 1.807) is 25.1 Å². The predicted molar refractivity (Wildman–Crippen MR) is 121 cm³/mol. The molecule has 35 heavy (non-hydrogen) atoms. The lowest BCUT2D eigenvalue weighted by Gasteiger charge is -2.24. The summed E-state index contributed by atoms with van der Waals surface area (Å²) >= 11 is 0. The van der Waals surface area contributed by atoms with Gasteiger partial charge in [-0.05, 0) is 49.2 Å². The molecule has 9 nitrogen and oxygen atoms in total. The van der Waals surface area contributed by atoms with Crippen LogP contribution in [0.1, 0.15) is 43.5 Å². The van der Waals surface area contributed by atoms with Crippen LogP contribution < -0.4 is 20.9 Å². The highest BCUT2D eigenvalue weighted by atomic mass is 19.4. The lowest BCUT2D eigenvalue weighted by atomic mass is 10.0. The van der Waals surface area contributed by atoms with Gasteiger partial charge in [-0.1, -0.05) is 12.1 Å². The third-order valence-corrected chi connectivity index (χ3v) is 5.50. The average molecular weight is 492 g/mol. The Balaban J connectivity index is 0.00000241. The Morgan fingerprint density at radius 1 is 1.20 bits per heavy atom. The van der Waals surface area contributed by atoms with Crippen molar-refractivity contribution in [2.75, 3.05) is 0 Å². The first-order valence-electron chi connectivity index (χ1n) is 10.5. The minimum atomic E-state index is -4.84. The summed E-state index contributed by atoms with van der Waals surface area (Å²) < 4.78 is 42.0. The highest BCUT2D eigenvalue weighted by molar-refractivity contribution is 5.99. The van der Waals surface area contributed by atoms with Gasteiger partial charge in [0.15, 0.2) is 0 Å². The van der Waals surface area contributed by atoms with Crippen LogP contribution in [-0.4, -0.2) is 33.6 Å². The van der Waals surface area contributed by atoms with Gasteiger partial charge >= 0.3 is 6.36 Å². The number of hydrogen-bond donors (Lipinski definition) is 2. The van der Waals surface area contributed by atoms with Gasteiger partial charge < -0.3 is 10.1 Å². The van der Waals surface area contributed by atoms with Gasteiger partial charge in [-0.2, -0.15) is 0 Å². The Morgan fingerprint density at radius 2 is 1.91 bits per heavy atom. The summed E-state index contributed by atoms with van der Waals surface area (Å²) in [6, 6.07) is 8.42. The summed E-state index contributed by atoms with van der Waals surface area (Å²) in [5.41, 5.74) is 0.415.